The van der Waals surface area contributed by atoms with E-state index in [1.165, 1.54) is 11.0 Å². The van der Waals surface area contributed by atoms with Crippen molar-refractivity contribution < 1.29 is 32.6 Å². The molecule has 1 aliphatic carbocycles. The summed E-state index contributed by atoms with van der Waals surface area (Å²) in [5, 5.41) is 10.2. The van der Waals surface area contributed by atoms with Crippen LogP contribution in [0.1, 0.15) is 50.6 Å². The summed E-state index contributed by atoms with van der Waals surface area (Å²) in [4.78, 5) is 28.7. The van der Waals surface area contributed by atoms with E-state index < -0.39 is 27.8 Å². The molecule has 1 amide bonds. The second kappa shape index (κ2) is 7.79. The predicted octanol–water partition coefficient (Wildman–Crippen LogP) is 2.27. The highest BCUT2D eigenvalue weighted by Crippen LogP contribution is 2.49. The number of nitrogens with zero attached hydrogens (tertiary/aromatic N) is 1. The number of hydrogen-bond acceptors (Lipinski definition) is 7. The van der Waals surface area contributed by atoms with Crippen LogP contribution in [0.5, 0.6) is 11.5 Å². The summed E-state index contributed by atoms with van der Waals surface area (Å²) in [6.07, 6.45) is 3.37. The SMILES string of the molecule is CCOc1cc(C2C3=C(OC4CCCCC4C3=O)C(=O)N2C2CCS(=O)(=O)C2)ccc1O. The highest BCUT2D eigenvalue weighted by Gasteiger charge is 2.54. The average molecular weight is 462 g/mol. The zero-order valence-corrected chi connectivity index (χ0v) is 18.8. The second-order valence-corrected chi connectivity index (χ2v) is 11.2. The van der Waals surface area contributed by atoms with E-state index in [1.54, 1.807) is 19.1 Å². The maximum atomic E-state index is 13.6. The third kappa shape index (κ3) is 3.37. The van der Waals surface area contributed by atoms with Crippen LogP contribution in [0.25, 0.3) is 0 Å². The van der Waals surface area contributed by atoms with Gasteiger partial charge in [-0.1, -0.05) is 12.5 Å². The predicted molar refractivity (Wildman–Crippen MR) is 115 cm³/mol. The Kier molecular flexibility index (Phi) is 5.19. The summed E-state index contributed by atoms with van der Waals surface area (Å²) in [5.41, 5.74) is 0.913. The molecule has 0 aromatic heterocycles. The average Bonchev–Trinajstić information content (AvgIpc) is 3.27. The number of fused-ring (bicyclic) bond motifs is 1. The molecule has 0 spiro atoms. The monoisotopic (exact) mass is 461 g/mol. The van der Waals surface area contributed by atoms with E-state index in [1.807, 2.05) is 0 Å². The number of phenolic OH excluding ortho intramolecular Hbond substituents is 1. The molecular weight excluding hydrogens is 434 g/mol. The summed E-state index contributed by atoms with van der Waals surface area (Å²) in [6.45, 7) is 2.13. The van der Waals surface area contributed by atoms with E-state index >= 15 is 0 Å². The van der Waals surface area contributed by atoms with Crippen molar-refractivity contribution in [2.24, 2.45) is 5.92 Å². The maximum Gasteiger partial charge on any atom is 0.290 e. The molecule has 1 saturated heterocycles. The molecule has 8 nitrogen and oxygen atoms in total. The molecule has 0 radical (unpaired) electrons. The van der Waals surface area contributed by atoms with Crippen molar-refractivity contribution in [2.75, 3.05) is 18.1 Å². The molecule has 1 saturated carbocycles. The van der Waals surface area contributed by atoms with Gasteiger partial charge in [-0.3, -0.25) is 9.59 Å². The second-order valence-electron chi connectivity index (χ2n) is 8.99. The number of sulfone groups is 1. The number of amides is 1. The van der Waals surface area contributed by atoms with Gasteiger partial charge in [0.15, 0.2) is 32.9 Å². The van der Waals surface area contributed by atoms with Crippen LogP contribution in [-0.4, -0.2) is 60.4 Å². The Morgan fingerprint density at radius 3 is 2.69 bits per heavy atom. The Balaban J connectivity index is 1.62. The van der Waals surface area contributed by atoms with Crippen molar-refractivity contribution in [2.45, 2.75) is 57.2 Å². The third-order valence-corrected chi connectivity index (χ3v) is 8.75. The van der Waals surface area contributed by atoms with E-state index in [0.29, 0.717) is 24.2 Å². The lowest BCUT2D eigenvalue weighted by Gasteiger charge is -2.35. The van der Waals surface area contributed by atoms with Gasteiger partial charge < -0.3 is 19.5 Å². The molecule has 5 rings (SSSR count). The zero-order chi connectivity index (χ0) is 22.6. The summed E-state index contributed by atoms with van der Waals surface area (Å²) >= 11 is 0. The van der Waals surface area contributed by atoms with Gasteiger partial charge in [-0.25, -0.2) is 8.42 Å². The molecule has 3 aliphatic heterocycles. The van der Waals surface area contributed by atoms with Gasteiger partial charge in [-0.15, -0.1) is 0 Å². The minimum atomic E-state index is -3.26. The lowest BCUT2D eigenvalue weighted by molar-refractivity contribution is -0.136. The van der Waals surface area contributed by atoms with Gasteiger partial charge in [0.1, 0.15) is 6.10 Å². The smallest absolute Gasteiger partial charge is 0.290 e. The summed E-state index contributed by atoms with van der Waals surface area (Å²) in [7, 11) is -3.26. The van der Waals surface area contributed by atoms with E-state index in [4.69, 9.17) is 9.47 Å². The van der Waals surface area contributed by atoms with Gasteiger partial charge in [-0.05, 0) is 50.3 Å². The van der Waals surface area contributed by atoms with E-state index in [-0.39, 0.29) is 46.6 Å². The topological polar surface area (TPSA) is 110 Å². The molecule has 1 aromatic rings. The van der Waals surface area contributed by atoms with Crippen molar-refractivity contribution >= 4 is 21.5 Å². The van der Waals surface area contributed by atoms with Crippen molar-refractivity contribution in [1.82, 2.24) is 4.90 Å². The quantitative estimate of drug-likeness (QED) is 0.732. The molecule has 9 heteroatoms. The minimum Gasteiger partial charge on any atom is -0.504 e. The largest absolute Gasteiger partial charge is 0.504 e. The first kappa shape index (κ1) is 21.3. The van der Waals surface area contributed by atoms with Gasteiger partial charge >= 0.3 is 0 Å². The number of aromatic hydroxyl groups is 1. The van der Waals surface area contributed by atoms with Crippen molar-refractivity contribution in [1.29, 1.82) is 0 Å². The lowest BCUT2D eigenvalue weighted by atomic mass is 9.77. The summed E-state index contributed by atoms with van der Waals surface area (Å²) < 4.78 is 36.1. The fourth-order valence-corrected chi connectivity index (χ4v) is 7.24. The van der Waals surface area contributed by atoms with Crippen LogP contribution in [0.15, 0.2) is 29.5 Å². The van der Waals surface area contributed by atoms with Crippen LogP contribution in [0.3, 0.4) is 0 Å². The number of carbonyl (C=O) groups is 2. The van der Waals surface area contributed by atoms with Gasteiger partial charge in [0, 0.05) is 6.04 Å². The molecule has 3 heterocycles. The molecule has 32 heavy (non-hydrogen) atoms. The number of carbonyl (C=O) groups excluding carboxylic acids is 2. The molecule has 1 aromatic carbocycles. The molecule has 4 unspecified atom stereocenters. The van der Waals surface area contributed by atoms with Gasteiger partial charge in [0.25, 0.3) is 5.91 Å². The van der Waals surface area contributed by atoms with Crippen LogP contribution in [0.2, 0.25) is 0 Å². The molecule has 1 N–H and O–H groups in total. The molecule has 4 aliphatic rings. The van der Waals surface area contributed by atoms with E-state index in [9.17, 15) is 23.1 Å². The summed E-state index contributed by atoms with van der Waals surface area (Å²) in [5.74, 6) is -0.620. The maximum absolute atomic E-state index is 13.6. The molecule has 2 fully saturated rings. The van der Waals surface area contributed by atoms with Gasteiger partial charge in [0.2, 0.25) is 0 Å². The Morgan fingerprint density at radius 2 is 1.97 bits per heavy atom. The molecule has 4 atom stereocenters. The van der Waals surface area contributed by atoms with E-state index in [0.717, 1.165) is 25.7 Å². The Morgan fingerprint density at radius 1 is 1.19 bits per heavy atom. The minimum absolute atomic E-state index is 0.0126. The normalized spacial score (nSPS) is 31.3. The molecular formula is C23H27NO7S. The van der Waals surface area contributed by atoms with Crippen molar-refractivity contribution in [3.63, 3.8) is 0 Å². The number of benzene rings is 1. The number of ether oxygens (including phenoxy) is 2. The van der Waals surface area contributed by atoms with Crippen LogP contribution in [-0.2, 0) is 24.2 Å². The number of ketones is 1. The fraction of sp³-hybridized carbons (Fsp3) is 0.565. The summed E-state index contributed by atoms with van der Waals surface area (Å²) in [6, 6.07) is 3.47. The van der Waals surface area contributed by atoms with Gasteiger partial charge in [0.05, 0.1) is 35.6 Å². The highest BCUT2D eigenvalue weighted by atomic mass is 32.2. The standard InChI is InChI=1S/C23H27NO7S/c1-2-30-18-11-13(7-8-16(18)25)20-19-21(26)15-5-3-4-6-17(15)31-22(19)23(27)24(20)14-9-10-32(28,29)12-14/h7-8,11,14-15,17,20,25H,2-6,9-10,12H2,1H3. The highest BCUT2D eigenvalue weighted by molar-refractivity contribution is 7.91. The first-order valence-corrected chi connectivity index (χ1v) is 13.1. The van der Waals surface area contributed by atoms with Crippen molar-refractivity contribution in [3.05, 3.63) is 35.1 Å². The Labute approximate surface area is 187 Å². The number of Topliss-reactive ketones (excluding diaryl/α,β-unsaturated/α-hetero) is 1. The Hall–Kier alpha value is -2.55. The van der Waals surface area contributed by atoms with E-state index in [2.05, 4.69) is 0 Å². The Bertz CT molecular complexity index is 1110. The number of phenols is 1. The van der Waals surface area contributed by atoms with Crippen LogP contribution >= 0.6 is 0 Å². The fourth-order valence-electron chi connectivity index (χ4n) is 5.53. The van der Waals surface area contributed by atoms with Crippen LogP contribution in [0, 0.1) is 5.92 Å². The first-order valence-electron chi connectivity index (χ1n) is 11.2. The molecule has 172 valence electrons. The number of hydrogen-bond donors (Lipinski definition) is 1. The number of rotatable bonds is 4. The first-order chi connectivity index (χ1) is 15.3. The lowest BCUT2D eigenvalue weighted by Crippen LogP contribution is -2.41. The van der Waals surface area contributed by atoms with Crippen LogP contribution < -0.4 is 4.74 Å². The molecule has 0 bridgehead atoms. The third-order valence-electron chi connectivity index (χ3n) is 7.00. The van der Waals surface area contributed by atoms with Gasteiger partial charge in [-0.2, -0.15) is 0 Å². The van der Waals surface area contributed by atoms with Crippen molar-refractivity contribution in [3.8, 4) is 11.5 Å². The zero-order valence-electron chi connectivity index (χ0n) is 18.0. The van der Waals surface area contributed by atoms with Crippen LogP contribution in [0.4, 0.5) is 0 Å².